The van der Waals surface area contributed by atoms with E-state index in [0.29, 0.717) is 32.0 Å². The van der Waals surface area contributed by atoms with E-state index in [0.717, 1.165) is 32.2 Å². The molecule has 2 aliphatic heterocycles. The highest BCUT2D eigenvalue weighted by atomic mass is 16.2. The lowest BCUT2D eigenvalue weighted by Crippen LogP contribution is -2.55. The van der Waals surface area contributed by atoms with Crippen molar-refractivity contribution in [1.82, 2.24) is 19.4 Å². The molecule has 1 N–H and O–H groups in total. The molecule has 28 heavy (non-hydrogen) atoms. The minimum Gasteiger partial charge on any atom is -0.342 e. The molecule has 1 spiro atoms. The van der Waals surface area contributed by atoms with Crippen LogP contribution in [0.2, 0.25) is 0 Å². The van der Waals surface area contributed by atoms with Crippen molar-refractivity contribution >= 4 is 11.8 Å². The third-order valence-corrected chi connectivity index (χ3v) is 5.94. The second-order valence-electron chi connectivity index (χ2n) is 8.65. The summed E-state index contributed by atoms with van der Waals surface area (Å²) in [7, 11) is 0. The van der Waals surface area contributed by atoms with E-state index in [-0.39, 0.29) is 23.8 Å². The van der Waals surface area contributed by atoms with E-state index in [4.69, 9.17) is 0 Å². The smallest absolute Gasteiger partial charge is 0.328 e. The first-order valence-corrected chi connectivity index (χ1v) is 10.1. The molecule has 154 valence electrons. The predicted molar refractivity (Wildman–Crippen MR) is 105 cm³/mol. The van der Waals surface area contributed by atoms with Crippen molar-refractivity contribution in [2.24, 2.45) is 11.3 Å². The number of aromatic amines is 1. The molecule has 2 amide bonds. The minimum atomic E-state index is -0.573. The van der Waals surface area contributed by atoms with Gasteiger partial charge in [-0.25, -0.2) is 4.79 Å². The summed E-state index contributed by atoms with van der Waals surface area (Å²) >= 11 is 0. The second kappa shape index (κ2) is 8.32. The van der Waals surface area contributed by atoms with Crippen LogP contribution >= 0.6 is 0 Å². The molecule has 2 saturated heterocycles. The number of aromatic nitrogens is 2. The van der Waals surface area contributed by atoms with E-state index in [1.54, 1.807) is 0 Å². The summed E-state index contributed by atoms with van der Waals surface area (Å²) in [6, 6.07) is 1.24. The minimum absolute atomic E-state index is 0.0469. The summed E-state index contributed by atoms with van der Waals surface area (Å²) in [5.74, 6) is 0.638. The molecule has 3 rings (SSSR count). The van der Waals surface area contributed by atoms with Crippen LogP contribution in [0.5, 0.6) is 0 Å². The maximum Gasteiger partial charge on any atom is 0.328 e. The van der Waals surface area contributed by atoms with Gasteiger partial charge in [0.25, 0.3) is 5.56 Å². The fourth-order valence-electron chi connectivity index (χ4n) is 4.29. The highest BCUT2D eigenvalue weighted by molar-refractivity contribution is 5.78. The fourth-order valence-corrected chi connectivity index (χ4v) is 4.29. The summed E-state index contributed by atoms with van der Waals surface area (Å²) in [6.45, 7) is 7.00. The molecule has 2 fully saturated rings. The first-order valence-electron chi connectivity index (χ1n) is 10.1. The van der Waals surface area contributed by atoms with Gasteiger partial charge >= 0.3 is 5.69 Å². The molecule has 8 heteroatoms. The molecule has 2 aliphatic rings. The first kappa shape index (κ1) is 20.4. The Labute approximate surface area is 164 Å². The van der Waals surface area contributed by atoms with Crippen LogP contribution in [0.1, 0.15) is 46.0 Å². The Bertz CT molecular complexity index is 843. The van der Waals surface area contributed by atoms with Crippen LogP contribution in [-0.2, 0) is 16.1 Å². The number of carbonyl (C=O) groups excluding carboxylic acids is 2. The molecule has 0 radical (unpaired) electrons. The van der Waals surface area contributed by atoms with Gasteiger partial charge in [-0.05, 0) is 31.6 Å². The van der Waals surface area contributed by atoms with Crippen LogP contribution in [0.25, 0.3) is 0 Å². The van der Waals surface area contributed by atoms with Gasteiger partial charge in [-0.15, -0.1) is 0 Å². The summed E-state index contributed by atoms with van der Waals surface area (Å²) in [4.78, 5) is 54.1. The van der Waals surface area contributed by atoms with Crippen molar-refractivity contribution in [3.63, 3.8) is 0 Å². The lowest BCUT2D eigenvalue weighted by Gasteiger charge is -2.48. The number of piperidine rings is 2. The van der Waals surface area contributed by atoms with Gasteiger partial charge in [-0.2, -0.15) is 0 Å². The van der Waals surface area contributed by atoms with Gasteiger partial charge in [0.1, 0.15) is 6.54 Å². The molecule has 0 aliphatic carbocycles. The van der Waals surface area contributed by atoms with Crippen LogP contribution in [0, 0.1) is 11.3 Å². The van der Waals surface area contributed by atoms with E-state index in [9.17, 15) is 19.2 Å². The maximum absolute atomic E-state index is 12.8. The predicted octanol–water partition coefficient (Wildman–Crippen LogP) is 0.814. The van der Waals surface area contributed by atoms with E-state index < -0.39 is 11.2 Å². The van der Waals surface area contributed by atoms with Crippen molar-refractivity contribution in [2.75, 3.05) is 26.2 Å². The number of hydrogen-bond acceptors (Lipinski definition) is 4. The molecule has 0 bridgehead atoms. The number of amides is 2. The van der Waals surface area contributed by atoms with Crippen molar-refractivity contribution in [1.29, 1.82) is 0 Å². The Hall–Kier alpha value is -2.38. The van der Waals surface area contributed by atoms with Gasteiger partial charge in [-0.1, -0.05) is 13.8 Å². The average molecular weight is 390 g/mol. The molecular formula is C20H30N4O4. The van der Waals surface area contributed by atoms with Crippen molar-refractivity contribution in [3.05, 3.63) is 33.1 Å². The van der Waals surface area contributed by atoms with Crippen LogP contribution in [0.15, 0.2) is 21.9 Å². The van der Waals surface area contributed by atoms with Crippen LogP contribution < -0.4 is 11.2 Å². The molecule has 0 aromatic carbocycles. The zero-order valence-corrected chi connectivity index (χ0v) is 16.8. The molecule has 3 heterocycles. The quantitative estimate of drug-likeness (QED) is 0.805. The number of H-pyrrole nitrogens is 1. The average Bonchev–Trinajstić information content (AvgIpc) is 2.65. The number of hydrogen-bond donors (Lipinski definition) is 1. The Balaban J connectivity index is 1.67. The molecule has 1 aromatic heterocycles. The Kier molecular flexibility index (Phi) is 6.05. The number of rotatable bonds is 5. The molecule has 0 unspecified atom stereocenters. The summed E-state index contributed by atoms with van der Waals surface area (Å²) in [5.41, 5.74) is -1.09. The van der Waals surface area contributed by atoms with Crippen molar-refractivity contribution < 1.29 is 9.59 Å². The number of nitrogens with zero attached hydrogens (tertiary/aromatic N) is 3. The van der Waals surface area contributed by atoms with Gasteiger partial charge in [0.2, 0.25) is 11.8 Å². The zero-order chi connectivity index (χ0) is 20.3. The lowest BCUT2D eigenvalue weighted by atomic mass is 9.73. The van der Waals surface area contributed by atoms with Gasteiger partial charge < -0.3 is 9.80 Å². The van der Waals surface area contributed by atoms with E-state index >= 15 is 0 Å². The topological polar surface area (TPSA) is 95.5 Å². The first-order chi connectivity index (χ1) is 13.3. The van der Waals surface area contributed by atoms with Crippen LogP contribution in [0.4, 0.5) is 0 Å². The van der Waals surface area contributed by atoms with E-state index in [1.807, 2.05) is 9.80 Å². The molecule has 8 nitrogen and oxygen atoms in total. The summed E-state index contributed by atoms with van der Waals surface area (Å²) in [5, 5.41) is 0. The normalized spacial score (nSPS) is 22.9. The molecule has 0 saturated carbocycles. The van der Waals surface area contributed by atoms with E-state index in [2.05, 4.69) is 18.8 Å². The van der Waals surface area contributed by atoms with Crippen LogP contribution in [0.3, 0.4) is 0 Å². The zero-order valence-electron chi connectivity index (χ0n) is 16.8. The SMILES string of the molecule is CC(C)CCN1C[C@@]2(CCCN(C(=O)Cn3ccc(=O)[nH]c3=O)C2)CCC1=O. The monoisotopic (exact) mass is 390 g/mol. The van der Waals surface area contributed by atoms with Crippen LogP contribution in [-0.4, -0.2) is 57.3 Å². The van der Waals surface area contributed by atoms with Gasteiger partial charge in [0.15, 0.2) is 0 Å². The Morgan fingerprint density at radius 3 is 2.71 bits per heavy atom. The molecule has 1 atom stereocenters. The lowest BCUT2D eigenvalue weighted by molar-refractivity contribution is -0.143. The summed E-state index contributed by atoms with van der Waals surface area (Å²) in [6.07, 6.45) is 5.61. The number of carbonyl (C=O) groups is 2. The summed E-state index contributed by atoms with van der Waals surface area (Å²) < 4.78 is 1.23. The number of nitrogens with one attached hydrogen (secondary N) is 1. The highest BCUT2D eigenvalue weighted by Crippen LogP contribution is 2.39. The Morgan fingerprint density at radius 2 is 2.00 bits per heavy atom. The molecule has 1 aromatic rings. The third kappa shape index (κ3) is 4.72. The fraction of sp³-hybridized carbons (Fsp3) is 0.700. The largest absolute Gasteiger partial charge is 0.342 e. The molecular weight excluding hydrogens is 360 g/mol. The maximum atomic E-state index is 12.8. The second-order valence-corrected chi connectivity index (χ2v) is 8.65. The van der Waals surface area contributed by atoms with Gasteiger partial charge in [-0.3, -0.25) is 23.9 Å². The highest BCUT2D eigenvalue weighted by Gasteiger charge is 2.42. The van der Waals surface area contributed by atoms with Crippen molar-refractivity contribution in [3.8, 4) is 0 Å². The van der Waals surface area contributed by atoms with Gasteiger partial charge in [0, 0.05) is 50.3 Å². The van der Waals surface area contributed by atoms with Crippen molar-refractivity contribution in [2.45, 2.75) is 52.5 Å². The standard InChI is InChI=1S/C20H30N4O4/c1-15(2)5-10-24-14-20(8-4-17(24)26)7-3-9-23(13-20)18(27)12-22-11-6-16(25)21-19(22)28/h6,11,15H,3-5,7-10,12-14H2,1-2H3,(H,21,25,28)/t20-/m0/s1. The number of likely N-dealkylation sites (tertiary alicyclic amines) is 2. The van der Waals surface area contributed by atoms with E-state index in [1.165, 1.54) is 16.8 Å². The van der Waals surface area contributed by atoms with Gasteiger partial charge in [0.05, 0.1) is 0 Å². The third-order valence-electron chi connectivity index (χ3n) is 5.94. The Morgan fingerprint density at radius 1 is 1.21 bits per heavy atom.